The number of hydrogen-bond donors (Lipinski definition) is 1. The van der Waals surface area contributed by atoms with Gasteiger partial charge in [0, 0.05) is 13.6 Å². The van der Waals surface area contributed by atoms with Crippen molar-refractivity contribution in [2.24, 2.45) is 0 Å². The lowest BCUT2D eigenvalue weighted by Crippen LogP contribution is -2.16. The lowest BCUT2D eigenvalue weighted by Gasteiger charge is -2.18. The fraction of sp³-hybridized carbons (Fsp3) is 0.400. The Morgan fingerprint density at radius 3 is 2.84 bits per heavy atom. The zero-order valence-electron chi connectivity index (χ0n) is 11.8. The van der Waals surface area contributed by atoms with Crippen LogP contribution >= 0.6 is 0 Å². The van der Waals surface area contributed by atoms with Crippen LogP contribution in [-0.2, 0) is 6.54 Å². The second-order valence-electron chi connectivity index (χ2n) is 4.73. The summed E-state index contributed by atoms with van der Waals surface area (Å²) in [7, 11) is 2.04. The van der Waals surface area contributed by atoms with Crippen molar-refractivity contribution in [3.8, 4) is 0 Å². The van der Waals surface area contributed by atoms with E-state index >= 15 is 0 Å². The molecule has 4 heteroatoms. The fourth-order valence-corrected chi connectivity index (χ4v) is 1.90. The standard InChI is InChI=1S/C15H21N3O/c1-4-7-17-13-8-14(10-16-9-13)18(3)11-15-6-5-12(2)19-15/h5-6,8-10,17H,4,7,11H2,1-3H3. The van der Waals surface area contributed by atoms with Gasteiger partial charge in [0.25, 0.3) is 0 Å². The molecule has 0 saturated carbocycles. The molecule has 2 heterocycles. The van der Waals surface area contributed by atoms with Gasteiger partial charge in [0.15, 0.2) is 0 Å². The molecule has 0 aliphatic carbocycles. The van der Waals surface area contributed by atoms with Gasteiger partial charge in [-0.15, -0.1) is 0 Å². The van der Waals surface area contributed by atoms with E-state index in [0.29, 0.717) is 0 Å². The molecule has 19 heavy (non-hydrogen) atoms. The largest absolute Gasteiger partial charge is 0.464 e. The molecule has 102 valence electrons. The zero-order chi connectivity index (χ0) is 13.7. The van der Waals surface area contributed by atoms with E-state index < -0.39 is 0 Å². The predicted octanol–water partition coefficient (Wildman–Crippen LogP) is 3.44. The highest BCUT2D eigenvalue weighted by molar-refractivity contribution is 5.55. The van der Waals surface area contributed by atoms with Gasteiger partial charge in [-0.25, -0.2) is 0 Å². The second-order valence-corrected chi connectivity index (χ2v) is 4.73. The Kier molecular flexibility index (Phi) is 4.44. The highest BCUT2D eigenvalue weighted by Gasteiger charge is 2.06. The van der Waals surface area contributed by atoms with Gasteiger partial charge in [0.1, 0.15) is 11.5 Å². The summed E-state index contributed by atoms with van der Waals surface area (Å²) < 4.78 is 5.59. The van der Waals surface area contributed by atoms with E-state index in [-0.39, 0.29) is 0 Å². The van der Waals surface area contributed by atoms with Gasteiger partial charge in [0.05, 0.1) is 30.3 Å². The maximum absolute atomic E-state index is 5.59. The number of aromatic nitrogens is 1. The molecule has 0 spiro atoms. The van der Waals surface area contributed by atoms with Gasteiger partial charge in [-0.3, -0.25) is 4.98 Å². The minimum Gasteiger partial charge on any atom is -0.464 e. The Hall–Kier alpha value is -1.97. The van der Waals surface area contributed by atoms with E-state index in [1.165, 1.54) is 0 Å². The number of pyridine rings is 1. The van der Waals surface area contributed by atoms with Gasteiger partial charge in [-0.1, -0.05) is 6.92 Å². The third kappa shape index (κ3) is 3.74. The van der Waals surface area contributed by atoms with E-state index in [1.54, 1.807) is 0 Å². The molecule has 0 unspecified atom stereocenters. The van der Waals surface area contributed by atoms with Crippen LogP contribution in [0.15, 0.2) is 35.0 Å². The topological polar surface area (TPSA) is 41.3 Å². The van der Waals surface area contributed by atoms with Gasteiger partial charge in [0.2, 0.25) is 0 Å². The molecule has 0 atom stereocenters. The number of hydrogen-bond acceptors (Lipinski definition) is 4. The van der Waals surface area contributed by atoms with Crippen LogP contribution in [0.1, 0.15) is 24.9 Å². The Bertz CT molecular complexity index is 522. The number of nitrogens with zero attached hydrogens (tertiary/aromatic N) is 2. The molecule has 0 bridgehead atoms. The lowest BCUT2D eigenvalue weighted by atomic mass is 10.3. The summed E-state index contributed by atoms with van der Waals surface area (Å²) in [6.45, 7) is 5.81. The van der Waals surface area contributed by atoms with Gasteiger partial charge >= 0.3 is 0 Å². The van der Waals surface area contributed by atoms with Crippen molar-refractivity contribution in [1.29, 1.82) is 0 Å². The first-order chi connectivity index (χ1) is 9.19. The summed E-state index contributed by atoms with van der Waals surface area (Å²) >= 11 is 0. The smallest absolute Gasteiger partial charge is 0.123 e. The Morgan fingerprint density at radius 1 is 1.32 bits per heavy atom. The first kappa shape index (κ1) is 13.5. The van der Waals surface area contributed by atoms with Crippen molar-refractivity contribution in [3.63, 3.8) is 0 Å². The molecule has 0 aliphatic heterocycles. The molecular weight excluding hydrogens is 238 g/mol. The molecule has 0 radical (unpaired) electrons. The van der Waals surface area contributed by atoms with Gasteiger partial charge in [-0.2, -0.15) is 0 Å². The summed E-state index contributed by atoms with van der Waals surface area (Å²) in [5, 5.41) is 3.34. The minimum atomic E-state index is 0.743. The van der Waals surface area contributed by atoms with Crippen molar-refractivity contribution in [2.45, 2.75) is 26.8 Å². The lowest BCUT2D eigenvalue weighted by molar-refractivity contribution is 0.482. The highest BCUT2D eigenvalue weighted by Crippen LogP contribution is 2.19. The van der Waals surface area contributed by atoms with Crippen molar-refractivity contribution in [1.82, 2.24) is 4.98 Å². The Morgan fingerprint density at radius 2 is 2.16 bits per heavy atom. The summed E-state index contributed by atoms with van der Waals surface area (Å²) in [4.78, 5) is 6.40. The predicted molar refractivity (Wildman–Crippen MR) is 78.6 cm³/mol. The summed E-state index contributed by atoms with van der Waals surface area (Å²) in [6, 6.07) is 6.11. The third-order valence-corrected chi connectivity index (χ3v) is 2.93. The molecule has 1 N–H and O–H groups in total. The van der Waals surface area contributed by atoms with E-state index in [0.717, 1.165) is 42.4 Å². The molecule has 0 aliphatic rings. The Labute approximate surface area is 114 Å². The molecule has 2 aromatic heterocycles. The second kappa shape index (κ2) is 6.27. The van der Waals surface area contributed by atoms with Crippen LogP contribution in [0.3, 0.4) is 0 Å². The summed E-state index contributed by atoms with van der Waals surface area (Å²) in [5.41, 5.74) is 2.14. The number of nitrogens with one attached hydrogen (secondary N) is 1. The van der Waals surface area contributed by atoms with Gasteiger partial charge < -0.3 is 14.6 Å². The van der Waals surface area contributed by atoms with Gasteiger partial charge in [-0.05, 0) is 31.5 Å². The zero-order valence-corrected chi connectivity index (χ0v) is 11.8. The van der Waals surface area contributed by atoms with E-state index in [1.807, 2.05) is 38.5 Å². The summed E-state index contributed by atoms with van der Waals surface area (Å²) in [6.07, 6.45) is 4.82. The molecule has 2 rings (SSSR count). The minimum absolute atomic E-state index is 0.743. The number of furan rings is 1. The van der Waals surface area contributed by atoms with Crippen LogP contribution in [0.2, 0.25) is 0 Å². The molecular formula is C15H21N3O. The van der Waals surface area contributed by atoms with Crippen molar-refractivity contribution in [3.05, 3.63) is 42.1 Å². The highest BCUT2D eigenvalue weighted by atomic mass is 16.3. The Balaban J connectivity index is 2.03. The average molecular weight is 259 g/mol. The molecule has 4 nitrogen and oxygen atoms in total. The first-order valence-corrected chi connectivity index (χ1v) is 6.64. The molecule has 0 fully saturated rings. The summed E-state index contributed by atoms with van der Waals surface area (Å²) in [5.74, 6) is 1.91. The molecule has 0 saturated heterocycles. The van der Waals surface area contributed by atoms with Crippen LogP contribution in [0.4, 0.5) is 11.4 Å². The third-order valence-electron chi connectivity index (χ3n) is 2.93. The normalized spacial score (nSPS) is 10.5. The van der Waals surface area contributed by atoms with Crippen LogP contribution < -0.4 is 10.2 Å². The van der Waals surface area contributed by atoms with Crippen LogP contribution in [-0.4, -0.2) is 18.6 Å². The van der Waals surface area contributed by atoms with E-state index in [9.17, 15) is 0 Å². The van der Waals surface area contributed by atoms with Crippen molar-refractivity contribution in [2.75, 3.05) is 23.8 Å². The van der Waals surface area contributed by atoms with Crippen LogP contribution in [0.25, 0.3) is 0 Å². The SMILES string of the molecule is CCCNc1cncc(N(C)Cc2ccc(C)o2)c1. The number of aryl methyl sites for hydroxylation is 1. The van der Waals surface area contributed by atoms with Crippen LogP contribution in [0.5, 0.6) is 0 Å². The maximum Gasteiger partial charge on any atom is 0.123 e. The maximum atomic E-state index is 5.59. The van der Waals surface area contributed by atoms with Crippen molar-refractivity contribution >= 4 is 11.4 Å². The van der Waals surface area contributed by atoms with E-state index in [2.05, 4.69) is 28.2 Å². The first-order valence-electron chi connectivity index (χ1n) is 6.64. The van der Waals surface area contributed by atoms with Crippen LogP contribution in [0, 0.1) is 6.92 Å². The monoisotopic (exact) mass is 259 g/mol. The van der Waals surface area contributed by atoms with E-state index in [4.69, 9.17) is 4.42 Å². The quantitative estimate of drug-likeness (QED) is 0.862. The number of anilines is 2. The average Bonchev–Trinajstić information content (AvgIpc) is 2.82. The fourth-order valence-electron chi connectivity index (χ4n) is 1.90. The molecule has 0 aromatic carbocycles. The van der Waals surface area contributed by atoms with Crippen molar-refractivity contribution < 1.29 is 4.42 Å². The molecule has 0 amide bonds. The molecule has 2 aromatic rings. The number of rotatable bonds is 6.